The van der Waals surface area contributed by atoms with Gasteiger partial charge in [0.25, 0.3) is 5.91 Å². The number of aryl methyl sites for hydroxylation is 1. The molecule has 3 heterocycles. The lowest BCUT2D eigenvalue weighted by Gasteiger charge is -2.16. The summed E-state index contributed by atoms with van der Waals surface area (Å²) in [7, 11) is 0. The van der Waals surface area contributed by atoms with Gasteiger partial charge in [-0.1, -0.05) is 0 Å². The topological polar surface area (TPSA) is 99.8 Å². The van der Waals surface area contributed by atoms with Crippen LogP contribution in [0.5, 0.6) is 0 Å². The van der Waals surface area contributed by atoms with Crippen molar-refractivity contribution in [2.24, 2.45) is 0 Å². The molecule has 8 heteroatoms. The molecule has 7 nitrogen and oxygen atoms in total. The highest BCUT2D eigenvalue weighted by Crippen LogP contribution is 2.32. The summed E-state index contributed by atoms with van der Waals surface area (Å²) in [6.45, 7) is 1.90. The third-order valence-corrected chi connectivity index (χ3v) is 4.81. The van der Waals surface area contributed by atoms with E-state index in [1.165, 1.54) is 11.8 Å². The van der Waals surface area contributed by atoms with Gasteiger partial charge in [-0.15, -0.1) is 11.8 Å². The fraction of sp³-hybridized carbons (Fsp3) is 0.125. The van der Waals surface area contributed by atoms with Crippen molar-refractivity contribution in [3.8, 4) is 0 Å². The van der Waals surface area contributed by atoms with E-state index >= 15 is 0 Å². The van der Waals surface area contributed by atoms with E-state index in [0.29, 0.717) is 28.3 Å². The first-order valence-electron chi connectivity index (χ1n) is 7.29. The number of aromatic nitrogens is 3. The summed E-state index contributed by atoms with van der Waals surface area (Å²) in [5, 5.41) is 13.4. The number of H-pyrrole nitrogens is 1. The standard InChI is InChI=1S/C16H13N5O2S/c1-8-11-5-10(6-17-15(11)21-20-8)18-16(23)9-2-3-13-12(4-9)19-14(22)7-24-13/h2-6H,7H2,1H3,(H,18,23)(H,19,22)(H,17,20,21). The van der Waals surface area contributed by atoms with Crippen molar-refractivity contribution < 1.29 is 9.59 Å². The first-order valence-corrected chi connectivity index (χ1v) is 8.27. The molecule has 1 aliphatic heterocycles. The minimum atomic E-state index is -0.259. The van der Waals surface area contributed by atoms with Crippen LogP contribution < -0.4 is 10.6 Å². The van der Waals surface area contributed by atoms with Gasteiger partial charge in [0, 0.05) is 21.5 Å². The number of pyridine rings is 1. The minimum Gasteiger partial charge on any atom is -0.324 e. The summed E-state index contributed by atoms with van der Waals surface area (Å²) >= 11 is 1.46. The van der Waals surface area contributed by atoms with Crippen molar-refractivity contribution in [3.05, 3.63) is 41.7 Å². The van der Waals surface area contributed by atoms with Crippen LogP contribution in [-0.4, -0.2) is 32.7 Å². The van der Waals surface area contributed by atoms with E-state index in [1.807, 2.05) is 19.1 Å². The molecule has 0 unspecified atom stereocenters. The van der Waals surface area contributed by atoms with Crippen LogP contribution >= 0.6 is 11.8 Å². The highest BCUT2D eigenvalue weighted by molar-refractivity contribution is 8.00. The Hall–Kier alpha value is -2.87. The number of fused-ring (bicyclic) bond motifs is 2. The second kappa shape index (κ2) is 5.64. The van der Waals surface area contributed by atoms with Gasteiger partial charge in [0.15, 0.2) is 5.65 Å². The van der Waals surface area contributed by atoms with Crippen LogP contribution in [0, 0.1) is 6.92 Å². The lowest BCUT2D eigenvalue weighted by molar-refractivity contribution is -0.113. The van der Waals surface area contributed by atoms with E-state index < -0.39 is 0 Å². The smallest absolute Gasteiger partial charge is 0.255 e. The molecule has 1 aliphatic rings. The molecule has 1 aromatic carbocycles. The molecule has 3 N–H and O–H groups in total. The quantitative estimate of drug-likeness (QED) is 0.666. The van der Waals surface area contributed by atoms with Crippen molar-refractivity contribution in [1.29, 1.82) is 0 Å². The summed E-state index contributed by atoms with van der Waals surface area (Å²) in [6.07, 6.45) is 1.57. The van der Waals surface area contributed by atoms with Crippen molar-refractivity contribution in [2.75, 3.05) is 16.4 Å². The summed E-state index contributed by atoms with van der Waals surface area (Å²) in [5.41, 5.74) is 3.23. The van der Waals surface area contributed by atoms with E-state index in [-0.39, 0.29) is 11.8 Å². The number of hydrogen-bond donors (Lipinski definition) is 3. The van der Waals surface area contributed by atoms with Crippen LogP contribution in [0.25, 0.3) is 11.0 Å². The first-order chi connectivity index (χ1) is 11.6. The summed E-state index contributed by atoms with van der Waals surface area (Å²) < 4.78 is 0. The largest absolute Gasteiger partial charge is 0.324 e. The average molecular weight is 339 g/mol. The van der Waals surface area contributed by atoms with E-state index in [2.05, 4.69) is 25.8 Å². The molecular formula is C16H13N5O2S. The lowest BCUT2D eigenvalue weighted by Crippen LogP contribution is -2.19. The molecule has 0 bridgehead atoms. The fourth-order valence-electron chi connectivity index (χ4n) is 2.52. The number of amides is 2. The summed E-state index contributed by atoms with van der Waals surface area (Å²) in [4.78, 5) is 29.1. The first kappa shape index (κ1) is 14.7. The monoisotopic (exact) mass is 339 g/mol. The molecule has 24 heavy (non-hydrogen) atoms. The summed E-state index contributed by atoms with van der Waals surface area (Å²) in [6, 6.07) is 7.10. The van der Waals surface area contributed by atoms with Crippen molar-refractivity contribution in [3.63, 3.8) is 0 Å². The highest BCUT2D eigenvalue weighted by atomic mass is 32.2. The molecule has 0 saturated heterocycles. The minimum absolute atomic E-state index is 0.0601. The second-order valence-corrected chi connectivity index (χ2v) is 6.46. The maximum absolute atomic E-state index is 12.5. The van der Waals surface area contributed by atoms with Gasteiger partial charge >= 0.3 is 0 Å². The predicted octanol–water partition coefficient (Wildman–Crippen LogP) is 2.56. The number of anilines is 2. The van der Waals surface area contributed by atoms with Crippen molar-refractivity contribution in [2.45, 2.75) is 11.8 Å². The Labute approximate surface area is 141 Å². The Morgan fingerprint density at radius 1 is 1.33 bits per heavy atom. The molecular weight excluding hydrogens is 326 g/mol. The van der Waals surface area contributed by atoms with Gasteiger partial charge in [0.2, 0.25) is 5.91 Å². The zero-order valence-corrected chi connectivity index (χ0v) is 13.5. The van der Waals surface area contributed by atoms with Gasteiger partial charge in [-0.3, -0.25) is 14.7 Å². The number of nitrogens with one attached hydrogen (secondary N) is 3. The normalized spacial score (nSPS) is 13.5. The maximum Gasteiger partial charge on any atom is 0.255 e. The molecule has 0 aliphatic carbocycles. The number of carbonyl (C=O) groups is 2. The van der Waals surface area contributed by atoms with Gasteiger partial charge < -0.3 is 10.6 Å². The zero-order valence-electron chi connectivity index (χ0n) is 12.7. The molecule has 3 aromatic rings. The molecule has 0 fully saturated rings. The highest BCUT2D eigenvalue weighted by Gasteiger charge is 2.17. The Morgan fingerprint density at radius 3 is 3.08 bits per heavy atom. The van der Waals surface area contributed by atoms with Crippen LogP contribution in [-0.2, 0) is 4.79 Å². The molecule has 0 atom stereocenters. The Morgan fingerprint density at radius 2 is 2.21 bits per heavy atom. The number of carbonyl (C=O) groups excluding carboxylic acids is 2. The fourth-order valence-corrected chi connectivity index (χ4v) is 3.30. The number of nitrogens with zero attached hydrogens (tertiary/aromatic N) is 2. The molecule has 120 valence electrons. The number of aromatic amines is 1. The molecule has 0 radical (unpaired) electrons. The van der Waals surface area contributed by atoms with Crippen molar-refractivity contribution in [1.82, 2.24) is 15.2 Å². The van der Waals surface area contributed by atoms with E-state index in [9.17, 15) is 9.59 Å². The number of hydrogen-bond acceptors (Lipinski definition) is 5. The third-order valence-electron chi connectivity index (χ3n) is 3.73. The third kappa shape index (κ3) is 2.61. The molecule has 0 spiro atoms. The van der Waals surface area contributed by atoms with E-state index in [1.54, 1.807) is 18.3 Å². The second-order valence-electron chi connectivity index (χ2n) is 5.45. The van der Waals surface area contributed by atoms with Gasteiger partial charge in [0.1, 0.15) is 0 Å². The Bertz CT molecular complexity index is 982. The van der Waals surface area contributed by atoms with Crippen LogP contribution in [0.1, 0.15) is 16.1 Å². The number of rotatable bonds is 2. The van der Waals surface area contributed by atoms with Gasteiger partial charge in [-0.05, 0) is 31.2 Å². The van der Waals surface area contributed by atoms with Crippen molar-refractivity contribution >= 4 is 46.0 Å². The average Bonchev–Trinajstić information content (AvgIpc) is 2.95. The van der Waals surface area contributed by atoms with E-state index in [0.717, 1.165) is 16.0 Å². The van der Waals surface area contributed by atoms with E-state index in [4.69, 9.17) is 0 Å². The number of benzene rings is 1. The van der Waals surface area contributed by atoms with Gasteiger partial charge in [-0.2, -0.15) is 5.10 Å². The lowest BCUT2D eigenvalue weighted by atomic mass is 10.1. The maximum atomic E-state index is 12.5. The SMILES string of the molecule is Cc1[nH]nc2ncc(NC(=O)c3ccc4c(c3)NC(=O)CS4)cc12. The molecule has 0 saturated carbocycles. The predicted molar refractivity (Wildman–Crippen MR) is 92.4 cm³/mol. The van der Waals surface area contributed by atoms with Crippen LogP contribution in [0.3, 0.4) is 0 Å². The van der Waals surface area contributed by atoms with Crippen LogP contribution in [0.2, 0.25) is 0 Å². The van der Waals surface area contributed by atoms with Crippen LogP contribution in [0.15, 0.2) is 35.4 Å². The van der Waals surface area contributed by atoms with Gasteiger partial charge in [0.05, 0.1) is 23.3 Å². The molecule has 2 aromatic heterocycles. The summed E-state index contributed by atoms with van der Waals surface area (Å²) in [5.74, 6) is 0.0777. The molecule has 4 rings (SSSR count). The van der Waals surface area contributed by atoms with Crippen LogP contribution in [0.4, 0.5) is 11.4 Å². The molecule has 2 amide bonds. The van der Waals surface area contributed by atoms with Gasteiger partial charge in [-0.25, -0.2) is 4.98 Å². The number of thioether (sulfide) groups is 1. The Balaban J connectivity index is 1.60. The Kier molecular flexibility index (Phi) is 3.46. The zero-order chi connectivity index (χ0) is 16.7.